The first-order chi connectivity index (χ1) is 9.38. The van der Waals surface area contributed by atoms with E-state index >= 15 is 0 Å². The van der Waals surface area contributed by atoms with Gasteiger partial charge in [-0.05, 0) is 24.1 Å². The van der Waals surface area contributed by atoms with E-state index in [9.17, 15) is 0 Å². The Morgan fingerprint density at radius 3 is 2.42 bits per heavy atom. The maximum Gasteiger partial charge on any atom is 0.0544 e. The third-order valence-electron chi connectivity index (χ3n) is 2.99. The fraction of sp³-hybridized carbons (Fsp3) is 0.312. The van der Waals surface area contributed by atoms with Crippen LogP contribution in [0.1, 0.15) is 17.7 Å². The van der Waals surface area contributed by atoms with Crippen LogP contribution in [-0.2, 0) is 13.1 Å². The van der Waals surface area contributed by atoms with Crippen molar-refractivity contribution in [2.75, 3.05) is 13.2 Å². The van der Waals surface area contributed by atoms with Crippen LogP contribution in [0.3, 0.4) is 0 Å². The number of rotatable bonds is 7. The Balaban J connectivity index is 1.99. The number of hydrogen-bond donors (Lipinski definition) is 1. The normalized spacial score (nSPS) is 10.8. The van der Waals surface area contributed by atoms with E-state index in [1.54, 1.807) is 0 Å². The molecule has 100 valence electrons. The summed E-state index contributed by atoms with van der Waals surface area (Å²) >= 11 is 0. The van der Waals surface area contributed by atoms with Crippen molar-refractivity contribution in [3.05, 3.63) is 66.0 Å². The second-order valence-electron chi connectivity index (χ2n) is 4.59. The minimum Gasteiger partial charge on any atom is -0.396 e. The maximum absolute atomic E-state index is 9.01. The van der Waals surface area contributed by atoms with Gasteiger partial charge in [-0.1, -0.05) is 36.4 Å². The van der Waals surface area contributed by atoms with Gasteiger partial charge < -0.3 is 5.11 Å². The highest BCUT2D eigenvalue weighted by molar-refractivity contribution is 5.14. The zero-order valence-electron chi connectivity index (χ0n) is 11.1. The first kappa shape index (κ1) is 13.7. The quantitative estimate of drug-likeness (QED) is 0.826. The molecule has 0 fully saturated rings. The molecular formula is C16H20N2O. The van der Waals surface area contributed by atoms with E-state index < -0.39 is 0 Å². The molecule has 0 bridgehead atoms. The zero-order chi connectivity index (χ0) is 13.3. The molecule has 1 aromatic heterocycles. The van der Waals surface area contributed by atoms with Crippen molar-refractivity contribution in [1.29, 1.82) is 0 Å². The van der Waals surface area contributed by atoms with Crippen molar-refractivity contribution < 1.29 is 5.11 Å². The van der Waals surface area contributed by atoms with Crippen LogP contribution in [-0.4, -0.2) is 28.1 Å². The van der Waals surface area contributed by atoms with Crippen LogP contribution in [0, 0.1) is 0 Å². The predicted octanol–water partition coefficient (Wildman–Crippen LogP) is 2.47. The first-order valence-electron chi connectivity index (χ1n) is 6.65. The van der Waals surface area contributed by atoms with Gasteiger partial charge in [-0.15, -0.1) is 0 Å². The van der Waals surface area contributed by atoms with E-state index in [2.05, 4.69) is 34.1 Å². The molecule has 0 spiro atoms. The molecule has 19 heavy (non-hydrogen) atoms. The Bertz CT molecular complexity index is 417. The fourth-order valence-corrected chi connectivity index (χ4v) is 2.07. The molecule has 1 aromatic carbocycles. The van der Waals surface area contributed by atoms with E-state index in [4.69, 9.17) is 5.11 Å². The van der Waals surface area contributed by atoms with Crippen molar-refractivity contribution in [1.82, 2.24) is 9.88 Å². The highest BCUT2D eigenvalue weighted by atomic mass is 16.3. The van der Waals surface area contributed by atoms with Gasteiger partial charge in [-0.3, -0.25) is 9.88 Å². The van der Waals surface area contributed by atoms with Gasteiger partial charge >= 0.3 is 0 Å². The second-order valence-corrected chi connectivity index (χ2v) is 4.59. The van der Waals surface area contributed by atoms with Crippen molar-refractivity contribution in [3.8, 4) is 0 Å². The fourth-order valence-electron chi connectivity index (χ4n) is 2.07. The molecule has 3 heteroatoms. The number of pyridine rings is 1. The molecule has 2 rings (SSSR count). The van der Waals surface area contributed by atoms with Gasteiger partial charge in [0.15, 0.2) is 0 Å². The lowest BCUT2D eigenvalue weighted by Crippen LogP contribution is -2.25. The minimum absolute atomic E-state index is 0.230. The molecule has 0 amide bonds. The number of hydrogen-bond acceptors (Lipinski definition) is 3. The smallest absolute Gasteiger partial charge is 0.0544 e. The highest BCUT2D eigenvalue weighted by Gasteiger charge is 2.07. The Hall–Kier alpha value is -1.71. The van der Waals surface area contributed by atoms with Gasteiger partial charge in [0.2, 0.25) is 0 Å². The summed E-state index contributed by atoms with van der Waals surface area (Å²) in [5.41, 5.74) is 2.35. The summed E-state index contributed by atoms with van der Waals surface area (Å²) in [5.74, 6) is 0. The molecule has 0 saturated carbocycles. The SMILES string of the molecule is OCCCN(Cc1ccccc1)Cc1ccccn1. The van der Waals surface area contributed by atoms with Crippen molar-refractivity contribution >= 4 is 0 Å². The van der Waals surface area contributed by atoms with E-state index in [0.717, 1.165) is 31.7 Å². The second kappa shape index (κ2) is 7.67. The predicted molar refractivity (Wildman–Crippen MR) is 76.5 cm³/mol. The lowest BCUT2D eigenvalue weighted by molar-refractivity contribution is 0.211. The van der Waals surface area contributed by atoms with Gasteiger partial charge in [0.05, 0.1) is 5.69 Å². The average Bonchev–Trinajstić information content (AvgIpc) is 2.47. The van der Waals surface area contributed by atoms with E-state index in [1.165, 1.54) is 5.56 Å². The molecule has 2 aromatic rings. The van der Waals surface area contributed by atoms with Crippen LogP contribution in [0.2, 0.25) is 0 Å². The number of aliphatic hydroxyl groups excluding tert-OH is 1. The topological polar surface area (TPSA) is 36.4 Å². The molecular weight excluding hydrogens is 236 g/mol. The highest BCUT2D eigenvalue weighted by Crippen LogP contribution is 2.08. The van der Waals surface area contributed by atoms with Crippen LogP contribution in [0.4, 0.5) is 0 Å². The molecule has 1 heterocycles. The van der Waals surface area contributed by atoms with Crippen molar-refractivity contribution in [3.63, 3.8) is 0 Å². The van der Waals surface area contributed by atoms with Crippen LogP contribution < -0.4 is 0 Å². The third-order valence-corrected chi connectivity index (χ3v) is 2.99. The van der Waals surface area contributed by atoms with Gasteiger partial charge in [-0.25, -0.2) is 0 Å². The monoisotopic (exact) mass is 256 g/mol. The van der Waals surface area contributed by atoms with Gasteiger partial charge in [0, 0.05) is 32.4 Å². The number of aromatic nitrogens is 1. The Labute approximate surface area is 114 Å². The molecule has 0 radical (unpaired) electrons. The molecule has 0 aliphatic rings. The summed E-state index contributed by atoms with van der Waals surface area (Å²) in [6.45, 7) is 2.81. The van der Waals surface area contributed by atoms with E-state index in [-0.39, 0.29) is 6.61 Å². The Kier molecular flexibility index (Phi) is 5.53. The maximum atomic E-state index is 9.01. The van der Waals surface area contributed by atoms with Crippen LogP contribution in [0.15, 0.2) is 54.7 Å². The molecule has 3 nitrogen and oxygen atoms in total. The largest absolute Gasteiger partial charge is 0.396 e. The summed E-state index contributed by atoms with van der Waals surface area (Å²) in [4.78, 5) is 6.68. The summed E-state index contributed by atoms with van der Waals surface area (Å²) < 4.78 is 0. The number of aliphatic hydroxyl groups is 1. The van der Waals surface area contributed by atoms with Crippen LogP contribution >= 0.6 is 0 Å². The standard InChI is InChI=1S/C16H20N2O/c19-12-6-11-18(13-15-7-2-1-3-8-15)14-16-9-4-5-10-17-16/h1-5,7-10,19H,6,11-14H2. The molecule has 0 aliphatic heterocycles. The van der Waals surface area contributed by atoms with Gasteiger partial charge in [-0.2, -0.15) is 0 Å². The first-order valence-corrected chi connectivity index (χ1v) is 6.65. The molecule has 0 aliphatic carbocycles. The Morgan fingerprint density at radius 1 is 0.947 bits per heavy atom. The molecule has 0 atom stereocenters. The van der Waals surface area contributed by atoms with Crippen LogP contribution in [0.25, 0.3) is 0 Å². The Morgan fingerprint density at radius 2 is 1.74 bits per heavy atom. The van der Waals surface area contributed by atoms with E-state index in [1.807, 2.05) is 30.5 Å². The molecule has 0 unspecified atom stereocenters. The van der Waals surface area contributed by atoms with Crippen molar-refractivity contribution in [2.45, 2.75) is 19.5 Å². The minimum atomic E-state index is 0.230. The zero-order valence-corrected chi connectivity index (χ0v) is 11.1. The third kappa shape index (κ3) is 4.81. The summed E-state index contributed by atoms with van der Waals surface area (Å²) in [5, 5.41) is 9.01. The van der Waals surface area contributed by atoms with Gasteiger partial charge in [0.25, 0.3) is 0 Å². The van der Waals surface area contributed by atoms with Crippen LogP contribution in [0.5, 0.6) is 0 Å². The average molecular weight is 256 g/mol. The number of nitrogens with zero attached hydrogens (tertiary/aromatic N) is 2. The summed E-state index contributed by atoms with van der Waals surface area (Å²) in [6, 6.07) is 16.4. The summed E-state index contributed by atoms with van der Waals surface area (Å²) in [7, 11) is 0. The van der Waals surface area contributed by atoms with Crippen molar-refractivity contribution in [2.24, 2.45) is 0 Å². The van der Waals surface area contributed by atoms with E-state index in [0.29, 0.717) is 0 Å². The summed E-state index contributed by atoms with van der Waals surface area (Å²) in [6.07, 6.45) is 2.61. The number of benzene rings is 1. The lowest BCUT2D eigenvalue weighted by Gasteiger charge is -2.21. The lowest BCUT2D eigenvalue weighted by atomic mass is 10.2. The molecule has 1 N–H and O–H groups in total. The molecule has 0 saturated heterocycles. The van der Waals surface area contributed by atoms with Gasteiger partial charge in [0.1, 0.15) is 0 Å².